The number of halogens is 2. The molecule has 0 unspecified atom stereocenters. The summed E-state index contributed by atoms with van der Waals surface area (Å²) in [6, 6.07) is 14.8. The molecule has 210 valence electrons. The van der Waals surface area contributed by atoms with Crippen LogP contribution in [0.15, 0.2) is 65.3 Å². The van der Waals surface area contributed by atoms with Crippen molar-refractivity contribution in [3.63, 3.8) is 0 Å². The summed E-state index contributed by atoms with van der Waals surface area (Å²) in [5.41, 5.74) is 1.35. The van der Waals surface area contributed by atoms with Crippen molar-refractivity contribution in [1.82, 2.24) is 25.5 Å². The Labute approximate surface area is 233 Å². The second-order valence-corrected chi connectivity index (χ2v) is 9.38. The van der Waals surface area contributed by atoms with Crippen molar-refractivity contribution in [2.45, 2.75) is 25.9 Å². The third-order valence-corrected chi connectivity index (χ3v) is 6.53. The van der Waals surface area contributed by atoms with Crippen LogP contribution in [0.4, 0.5) is 20.3 Å². The van der Waals surface area contributed by atoms with E-state index in [0.717, 1.165) is 25.9 Å². The lowest BCUT2D eigenvalue weighted by Gasteiger charge is -2.25. The number of anilines is 2. The summed E-state index contributed by atoms with van der Waals surface area (Å²) in [5.74, 6) is 2.01. The highest BCUT2D eigenvalue weighted by Gasteiger charge is 2.19. The van der Waals surface area contributed by atoms with Crippen LogP contribution in [-0.4, -0.2) is 46.2 Å². The molecule has 6 rings (SSSR count). The second kappa shape index (κ2) is 11.7. The lowest BCUT2D eigenvalue weighted by atomic mass is 10.1. The summed E-state index contributed by atoms with van der Waals surface area (Å²) in [7, 11) is 0. The quantitative estimate of drug-likeness (QED) is 0.219. The van der Waals surface area contributed by atoms with Gasteiger partial charge >= 0.3 is 0 Å². The first kappa shape index (κ1) is 26.4. The minimum absolute atomic E-state index is 0.0430. The standard InChI is InChI=1S/C29H26F2N6O4/c1-17-36-37-29(39-17)18-3-2-4-20(11-18)40-21-5-6-24(23(31)12-21)35-28-22-13-27(41-19-7-9-32-10-8-19)26(38-15-30)14-25(22)33-16-34-28/h2-6,11-14,16,19,32H,7-10,15H2,1H3,(H,33,34,35). The van der Waals surface area contributed by atoms with Crippen molar-refractivity contribution < 1.29 is 27.4 Å². The van der Waals surface area contributed by atoms with E-state index in [9.17, 15) is 4.39 Å². The van der Waals surface area contributed by atoms with Crippen LogP contribution in [0.3, 0.4) is 0 Å². The molecule has 1 fully saturated rings. The van der Waals surface area contributed by atoms with Crippen molar-refractivity contribution in [3.05, 3.63) is 72.6 Å². The number of benzene rings is 3. The number of nitrogens with one attached hydrogen (secondary N) is 2. The molecule has 1 saturated heterocycles. The largest absolute Gasteiger partial charge is 0.486 e. The van der Waals surface area contributed by atoms with Gasteiger partial charge in [-0.05, 0) is 62.3 Å². The average Bonchev–Trinajstić information content (AvgIpc) is 3.42. The molecule has 2 aromatic heterocycles. The molecule has 12 heteroatoms. The summed E-state index contributed by atoms with van der Waals surface area (Å²) in [4.78, 5) is 8.60. The minimum atomic E-state index is -1.01. The maximum absolute atomic E-state index is 15.2. The smallest absolute Gasteiger partial charge is 0.247 e. The van der Waals surface area contributed by atoms with Crippen molar-refractivity contribution >= 4 is 22.4 Å². The van der Waals surface area contributed by atoms with Crippen LogP contribution in [0, 0.1) is 12.7 Å². The predicted molar refractivity (Wildman–Crippen MR) is 147 cm³/mol. The van der Waals surface area contributed by atoms with Gasteiger partial charge in [0, 0.05) is 30.0 Å². The summed E-state index contributed by atoms with van der Waals surface area (Å²) in [6.07, 6.45) is 2.91. The van der Waals surface area contributed by atoms with Gasteiger partial charge in [0.25, 0.3) is 0 Å². The van der Waals surface area contributed by atoms with E-state index in [4.69, 9.17) is 18.6 Å². The van der Waals surface area contributed by atoms with Gasteiger partial charge in [0.05, 0.1) is 11.2 Å². The zero-order valence-corrected chi connectivity index (χ0v) is 22.1. The molecule has 0 aliphatic carbocycles. The Bertz CT molecular complexity index is 1680. The lowest BCUT2D eigenvalue weighted by molar-refractivity contribution is 0.141. The van der Waals surface area contributed by atoms with E-state index in [-0.39, 0.29) is 17.5 Å². The Hall–Kier alpha value is -4.84. The molecule has 3 heterocycles. The fourth-order valence-corrected chi connectivity index (χ4v) is 4.55. The number of ether oxygens (including phenoxy) is 3. The molecule has 0 amide bonds. The Balaban J connectivity index is 1.24. The monoisotopic (exact) mass is 560 g/mol. The summed E-state index contributed by atoms with van der Waals surface area (Å²) in [5, 5.41) is 14.7. The third-order valence-electron chi connectivity index (χ3n) is 6.53. The fourth-order valence-electron chi connectivity index (χ4n) is 4.55. The van der Waals surface area contributed by atoms with E-state index < -0.39 is 12.7 Å². The second-order valence-electron chi connectivity index (χ2n) is 9.38. The number of fused-ring (bicyclic) bond motifs is 1. The molecule has 0 radical (unpaired) electrons. The Kier molecular flexibility index (Phi) is 7.54. The molecular weight excluding hydrogens is 534 g/mol. The molecule has 1 aliphatic heterocycles. The van der Waals surface area contributed by atoms with Crippen LogP contribution >= 0.6 is 0 Å². The zero-order valence-electron chi connectivity index (χ0n) is 22.1. The Morgan fingerprint density at radius 1 is 1.00 bits per heavy atom. The van der Waals surface area contributed by atoms with E-state index in [1.54, 1.807) is 49.4 Å². The molecule has 10 nitrogen and oxygen atoms in total. The first-order valence-corrected chi connectivity index (χ1v) is 13.1. The van der Waals surface area contributed by atoms with E-state index in [1.807, 2.05) is 6.07 Å². The topological polar surface area (TPSA) is 116 Å². The molecule has 3 aromatic carbocycles. The van der Waals surface area contributed by atoms with Crippen molar-refractivity contribution in [3.8, 4) is 34.5 Å². The Morgan fingerprint density at radius 2 is 1.85 bits per heavy atom. The van der Waals surface area contributed by atoms with Gasteiger partial charge in [-0.25, -0.2) is 18.7 Å². The van der Waals surface area contributed by atoms with Crippen molar-refractivity contribution in [2.24, 2.45) is 0 Å². The molecule has 5 aromatic rings. The van der Waals surface area contributed by atoms with Crippen LogP contribution < -0.4 is 24.8 Å². The molecule has 41 heavy (non-hydrogen) atoms. The van der Waals surface area contributed by atoms with Crippen LogP contribution in [-0.2, 0) is 0 Å². The first-order valence-electron chi connectivity index (χ1n) is 13.1. The zero-order chi connectivity index (χ0) is 28.2. The maximum atomic E-state index is 15.2. The number of piperidine rings is 1. The van der Waals surface area contributed by atoms with E-state index in [2.05, 4.69) is 30.8 Å². The number of aromatic nitrogens is 4. The van der Waals surface area contributed by atoms with E-state index in [1.165, 1.54) is 12.4 Å². The predicted octanol–water partition coefficient (Wildman–Crippen LogP) is 6.10. The van der Waals surface area contributed by atoms with Gasteiger partial charge in [0.1, 0.15) is 35.6 Å². The van der Waals surface area contributed by atoms with Gasteiger partial charge in [-0.1, -0.05) is 6.07 Å². The highest BCUT2D eigenvalue weighted by molar-refractivity contribution is 5.93. The van der Waals surface area contributed by atoms with Gasteiger partial charge < -0.3 is 29.3 Å². The maximum Gasteiger partial charge on any atom is 0.247 e. The molecule has 0 bridgehead atoms. The van der Waals surface area contributed by atoms with E-state index in [0.29, 0.717) is 51.3 Å². The van der Waals surface area contributed by atoms with Crippen LogP contribution in [0.1, 0.15) is 18.7 Å². The molecule has 0 spiro atoms. The highest BCUT2D eigenvalue weighted by atomic mass is 19.1. The average molecular weight is 561 g/mol. The fraction of sp³-hybridized carbons (Fsp3) is 0.241. The summed E-state index contributed by atoms with van der Waals surface area (Å²) < 4.78 is 51.1. The van der Waals surface area contributed by atoms with Gasteiger partial charge in [-0.3, -0.25) is 0 Å². The van der Waals surface area contributed by atoms with E-state index >= 15 is 4.39 Å². The SMILES string of the molecule is Cc1nnc(-c2cccc(Oc3ccc(Nc4ncnc5cc(OCF)c(OC6CCNCC6)cc45)c(F)c3)c2)o1. The normalized spacial score (nSPS) is 13.7. The highest BCUT2D eigenvalue weighted by Crippen LogP contribution is 2.37. The number of hydrogen-bond donors (Lipinski definition) is 2. The molecule has 0 atom stereocenters. The number of alkyl halides is 1. The number of hydrogen-bond acceptors (Lipinski definition) is 10. The summed E-state index contributed by atoms with van der Waals surface area (Å²) in [6.45, 7) is 2.36. The molecule has 0 saturated carbocycles. The van der Waals surface area contributed by atoms with Gasteiger partial charge in [-0.15, -0.1) is 10.2 Å². The van der Waals surface area contributed by atoms with Crippen molar-refractivity contribution in [2.75, 3.05) is 25.3 Å². The van der Waals surface area contributed by atoms with Gasteiger partial charge in [0.15, 0.2) is 11.5 Å². The number of aryl methyl sites for hydroxylation is 1. The van der Waals surface area contributed by atoms with Crippen LogP contribution in [0.25, 0.3) is 22.4 Å². The number of nitrogens with zero attached hydrogens (tertiary/aromatic N) is 4. The van der Waals surface area contributed by atoms with Crippen LogP contribution in [0.2, 0.25) is 0 Å². The lowest BCUT2D eigenvalue weighted by Crippen LogP contribution is -2.34. The van der Waals surface area contributed by atoms with Crippen molar-refractivity contribution in [1.29, 1.82) is 0 Å². The number of rotatable bonds is 9. The third kappa shape index (κ3) is 6.02. The Morgan fingerprint density at radius 3 is 2.63 bits per heavy atom. The summed E-state index contributed by atoms with van der Waals surface area (Å²) >= 11 is 0. The molecular formula is C29H26F2N6O4. The van der Waals surface area contributed by atoms with Gasteiger partial charge in [0.2, 0.25) is 18.6 Å². The minimum Gasteiger partial charge on any atom is -0.486 e. The first-order chi connectivity index (χ1) is 20.1. The van der Waals surface area contributed by atoms with Gasteiger partial charge in [-0.2, -0.15) is 0 Å². The molecule has 1 aliphatic rings. The molecule has 2 N–H and O–H groups in total. The van der Waals surface area contributed by atoms with Crippen LogP contribution in [0.5, 0.6) is 23.0 Å².